The number of imidazole rings is 1. The van der Waals surface area contributed by atoms with Gasteiger partial charge in [-0.3, -0.25) is 4.57 Å². The number of fused-ring (bicyclic) bond motifs is 1. The summed E-state index contributed by atoms with van der Waals surface area (Å²) < 4.78 is 29.3. The van der Waals surface area contributed by atoms with Gasteiger partial charge in [0.2, 0.25) is 0 Å². The number of carbonyl (C=O) groups excluding carboxylic acids is 1. The summed E-state index contributed by atoms with van der Waals surface area (Å²) in [5, 5.41) is 32.0. The van der Waals surface area contributed by atoms with E-state index in [0.29, 0.717) is 11.2 Å². The molecule has 0 aromatic carbocycles. The molecule has 3 rings (SSSR count). The molecule has 148 valence electrons. The Hall–Kier alpha value is -1.99. The molecule has 12 heteroatoms. The zero-order valence-corrected chi connectivity index (χ0v) is 15.2. The predicted octanol–water partition coefficient (Wildman–Crippen LogP) is -3.26. The fourth-order valence-electron chi connectivity index (χ4n) is 2.89. The maximum atomic E-state index is 11.1. The molecule has 2 aromatic heterocycles. The summed E-state index contributed by atoms with van der Waals surface area (Å²) in [5.41, 5.74) is 6.25. The predicted molar refractivity (Wildman–Crippen MR) is 96.3 cm³/mol. The maximum Gasteiger partial charge on any atom is 0.167 e. The Labute approximate surface area is 162 Å². The van der Waals surface area contributed by atoms with Gasteiger partial charge in [0.15, 0.2) is 17.7 Å². The second-order valence-electron chi connectivity index (χ2n) is 6.27. The molecule has 1 aliphatic heterocycles. The highest BCUT2D eigenvalue weighted by atomic mass is 32.2. The van der Waals surface area contributed by atoms with Crippen LogP contribution in [0, 0.1) is 0 Å². The minimum atomic E-state index is -2.49. The van der Waals surface area contributed by atoms with E-state index in [9.17, 15) is 20.1 Å². The Balaban J connectivity index is 1.68. The van der Waals surface area contributed by atoms with Gasteiger partial charge in [0, 0.05) is 12.4 Å². The lowest BCUT2D eigenvalue weighted by Gasteiger charge is -2.16. The molecule has 0 bridgehead atoms. The molecule has 0 spiro atoms. The molecule has 6 N–H and O–H groups in total. The highest BCUT2D eigenvalue weighted by molar-refractivity contribution is 7.96. The van der Waals surface area contributed by atoms with E-state index in [1.54, 1.807) is 6.26 Å². The quantitative estimate of drug-likeness (QED) is 0.327. The lowest BCUT2D eigenvalue weighted by molar-refractivity contribution is -0.307. The van der Waals surface area contributed by atoms with Crippen molar-refractivity contribution in [1.82, 2.24) is 19.5 Å². The Bertz CT molecular complexity index is 922. The molecule has 1 aliphatic rings. The van der Waals surface area contributed by atoms with Crippen LogP contribution in [0.3, 0.4) is 0 Å². The van der Waals surface area contributed by atoms with Gasteiger partial charge in [0.25, 0.3) is 0 Å². The Morgan fingerprint density at radius 2 is 2.30 bits per heavy atom. The molecule has 3 heterocycles. The SMILES string of the molecule is [2H]N([2H])[C@@]([2H])(CC[S+](C)C[C@H]1O[C@@H](n2cnc3c(N)ncnc32)[C@H](O)[C@@H]1O)C(=O)[O-]. The topological polar surface area (TPSA) is 185 Å². The molecular formula is C15H22N6O5S. The second-order valence-corrected chi connectivity index (χ2v) is 8.57. The molecule has 0 radical (unpaired) electrons. The van der Waals surface area contributed by atoms with Crippen LogP contribution >= 0.6 is 0 Å². The molecule has 0 saturated carbocycles. The summed E-state index contributed by atoms with van der Waals surface area (Å²) >= 11 is 0. The number of nitrogens with zero attached hydrogens (tertiary/aromatic N) is 4. The van der Waals surface area contributed by atoms with Gasteiger partial charge in [-0.2, -0.15) is 0 Å². The molecule has 11 nitrogen and oxygen atoms in total. The number of hydrogen-bond acceptors (Lipinski definition) is 10. The van der Waals surface area contributed by atoms with E-state index in [1.165, 1.54) is 17.2 Å². The number of nitrogen functional groups attached to an aromatic ring is 1. The Morgan fingerprint density at radius 3 is 3.00 bits per heavy atom. The third-order valence-electron chi connectivity index (χ3n) is 4.37. The number of aromatic nitrogens is 4. The summed E-state index contributed by atoms with van der Waals surface area (Å²) in [4.78, 5) is 23.2. The van der Waals surface area contributed by atoms with Gasteiger partial charge in [0.1, 0.15) is 44.5 Å². The van der Waals surface area contributed by atoms with Gasteiger partial charge in [-0.15, -0.1) is 0 Å². The zero-order chi connectivity index (χ0) is 22.2. The van der Waals surface area contributed by atoms with Crippen molar-refractivity contribution in [2.75, 3.05) is 23.5 Å². The Kier molecular flexibility index (Phi) is 4.71. The largest absolute Gasteiger partial charge is 0.548 e. The Morgan fingerprint density at radius 1 is 1.52 bits per heavy atom. The van der Waals surface area contributed by atoms with Crippen molar-refractivity contribution < 1.29 is 29.0 Å². The van der Waals surface area contributed by atoms with Crippen molar-refractivity contribution in [1.29, 1.82) is 0 Å². The first-order valence-electron chi connectivity index (χ1n) is 9.49. The van der Waals surface area contributed by atoms with Crippen LogP contribution in [0.5, 0.6) is 0 Å². The van der Waals surface area contributed by atoms with E-state index >= 15 is 0 Å². The van der Waals surface area contributed by atoms with Gasteiger partial charge in [0.05, 0.1) is 19.9 Å². The molecule has 1 unspecified atom stereocenters. The van der Waals surface area contributed by atoms with Crippen molar-refractivity contribution in [3.8, 4) is 0 Å². The number of carboxylic acid groups (broad SMARTS) is 1. The van der Waals surface area contributed by atoms with Crippen LogP contribution in [0.2, 0.25) is 2.82 Å². The van der Waals surface area contributed by atoms with Crippen LogP contribution in [0.15, 0.2) is 12.7 Å². The number of hydrogen-bond donors (Lipinski definition) is 4. The van der Waals surface area contributed by atoms with Gasteiger partial charge in [-0.1, -0.05) is 0 Å². The normalized spacial score (nSPS) is 30.6. The number of aliphatic hydroxyl groups excluding tert-OH is 2. The summed E-state index contributed by atoms with van der Waals surface area (Å²) in [5.74, 6) is -1.19. The lowest BCUT2D eigenvalue weighted by Crippen LogP contribution is -2.43. The average Bonchev–Trinajstić information content (AvgIpc) is 3.23. The van der Waals surface area contributed by atoms with Crippen LogP contribution in [0.1, 0.15) is 14.0 Å². The number of carboxylic acids is 1. The molecule has 6 atom stereocenters. The number of aliphatic hydroxyl groups is 2. The number of rotatable bonds is 8. The smallest absolute Gasteiger partial charge is 0.167 e. The summed E-state index contributed by atoms with van der Waals surface area (Å²) in [6, 6.07) is -2.49. The highest BCUT2D eigenvalue weighted by Crippen LogP contribution is 2.32. The fourth-order valence-corrected chi connectivity index (χ4v) is 4.43. The third kappa shape index (κ3) is 3.99. The highest BCUT2D eigenvalue weighted by Gasteiger charge is 2.46. The molecular weight excluding hydrogens is 376 g/mol. The van der Waals surface area contributed by atoms with Crippen LogP contribution in [-0.2, 0) is 20.4 Å². The zero-order valence-electron chi connectivity index (χ0n) is 17.4. The maximum absolute atomic E-state index is 11.1. The first kappa shape index (κ1) is 16.0. The van der Waals surface area contributed by atoms with Gasteiger partial charge >= 0.3 is 0 Å². The van der Waals surface area contributed by atoms with Crippen LogP contribution in [-0.4, -0.2) is 77.8 Å². The van der Waals surface area contributed by atoms with E-state index in [2.05, 4.69) is 15.0 Å². The van der Waals surface area contributed by atoms with Crippen molar-refractivity contribution in [3.05, 3.63) is 12.7 Å². The van der Waals surface area contributed by atoms with Crippen molar-refractivity contribution in [3.63, 3.8) is 0 Å². The van der Waals surface area contributed by atoms with Gasteiger partial charge in [-0.05, 0) is 10.9 Å². The first-order valence-corrected chi connectivity index (χ1v) is 10.1. The van der Waals surface area contributed by atoms with E-state index in [-0.39, 0.29) is 29.5 Å². The monoisotopic (exact) mass is 401 g/mol. The summed E-state index contributed by atoms with van der Waals surface area (Å²) in [7, 11) is -0.539. The summed E-state index contributed by atoms with van der Waals surface area (Å²) in [6.07, 6.45) is -0.0960. The molecule has 2 aromatic rings. The number of nitrogens with two attached hydrogens (primary N) is 2. The summed E-state index contributed by atoms with van der Waals surface area (Å²) in [6.45, 7) is 0. The third-order valence-corrected chi connectivity index (χ3v) is 6.17. The molecule has 1 saturated heterocycles. The molecule has 0 aliphatic carbocycles. The van der Waals surface area contributed by atoms with Crippen LogP contribution < -0.4 is 16.6 Å². The van der Waals surface area contributed by atoms with Crippen LogP contribution in [0.25, 0.3) is 11.2 Å². The molecule has 27 heavy (non-hydrogen) atoms. The van der Waals surface area contributed by atoms with Crippen molar-refractivity contribution in [2.24, 2.45) is 5.72 Å². The van der Waals surface area contributed by atoms with Crippen molar-refractivity contribution >= 4 is 33.8 Å². The standard InChI is InChI=1S/C15H22N6O5S/c1-27(3-2-7(16)15(24)25)4-8-10(22)11(23)14(26-8)21-6-20-9-12(17)18-5-19-13(9)21/h5-8,10-11,14,22-23H,2-4,16H2,1H3,(H2-,17,18,19,24,25)/t7-,8+,10+,11+,14+,27?/m0/s1/i7D/hD2. The lowest BCUT2D eigenvalue weighted by atomic mass is 10.1. The minimum absolute atomic E-state index is 0.170. The van der Waals surface area contributed by atoms with E-state index in [0.717, 1.165) is 0 Å². The van der Waals surface area contributed by atoms with E-state index in [4.69, 9.17) is 14.7 Å². The fraction of sp³-hybridized carbons (Fsp3) is 0.600. The van der Waals surface area contributed by atoms with Gasteiger partial charge < -0.3 is 36.3 Å². The minimum Gasteiger partial charge on any atom is -0.548 e. The number of anilines is 1. The molecule has 1 fully saturated rings. The first-order chi connectivity index (χ1) is 14.1. The molecule has 0 amide bonds. The van der Waals surface area contributed by atoms with E-state index in [1.807, 2.05) is 0 Å². The number of ether oxygens (including phenoxy) is 1. The number of carbonyl (C=O) groups is 1. The van der Waals surface area contributed by atoms with E-state index < -0.39 is 47.4 Å². The van der Waals surface area contributed by atoms with Crippen LogP contribution in [0.4, 0.5) is 5.82 Å². The second kappa shape index (κ2) is 7.94. The number of aliphatic carboxylic acids is 1. The van der Waals surface area contributed by atoms with Crippen molar-refractivity contribution in [2.45, 2.75) is 37.0 Å². The van der Waals surface area contributed by atoms with Gasteiger partial charge in [-0.25, -0.2) is 15.0 Å². The average molecular weight is 401 g/mol.